The minimum absolute atomic E-state index is 0.278. The third-order valence-electron chi connectivity index (χ3n) is 5.65. The number of ether oxygens (including phenoxy) is 3. The normalized spacial score (nSPS) is 16.4. The Morgan fingerprint density at radius 1 is 1.27 bits per heavy atom. The third-order valence-corrected chi connectivity index (χ3v) is 6.26. The van der Waals surface area contributed by atoms with Crippen molar-refractivity contribution in [2.45, 2.75) is 25.4 Å². The van der Waals surface area contributed by atoms with Crippen LogP contribution in [0.15, 0.2) is 42.6 Å². The highest BCUT2D eigenvalue weighted by Gasteiger charge is 2.27. The first kappa shape index (κ1) is 22.8. The number of methoxy groups -OCH3 is 1. The SMILES string of the molecule is COc1ccc2[nH]cc(CCC(CC3COc4ccc(NS(C)(=O)=O)cc4O3)C(N)=O)c2c1. The maximum atomic E-state index is 12.2. The number of sulfonamides is 1. The number of carbonyl (C=O) groups is 1. The Morgan fingerprint density at radius 2 is 2.09 bits per heavy atom. The molecule has 33 heavy (non-hydrogen) atoms. The molecule has 0 aliphatic carbocycles. The largest absolute Gasteiger partial charge is 0.497 e. The zero-order valence-corrected chi connectivity index (χ0v) is 19.3. The quantitative estimate of drug-likeness (QED) is 0.438. The molecule has 2 aromatic carbocycles. The Hall–Kier alpha value is -3.40. The second-order valence-corrected chi connectivity index (χ2v) is 9.93. The standard InChI is InChI=1S/C23H27N3O6S/c1-30-17-6-7-20-19(11-17)15(12-25-20)4-3-14(23(24)27)9-18-13-31-21-8-5-16(10-22(21)32-18)26-33(2,28)29/h5-8,10-12,14,18,25-26H,3-4,9,13H2,1-2H3,(H2,24,27). The van der Waals surface area contributed by atoms with Crippen molar-refractivity contribution in [2.24, 2.45) is 11.7 Å². The summed E-state index contributed by atoms with van der Waals surface area (Å²) >= 11 is 0. The lowest BCUT2D eigenvalue weighted by Crippen LogP contribution is -2.35. The van der Waals surface area contributed by atoms with Gasteiger partial charge >= 0.3 is 0 Å². The fourth-order valence-electron chi connectivity index (χ4n) is 4.02. The predicted molar refractivity (Wildman–Crippen MR) is 125 cm³/mol. The van der Waals surface area contributed by atoms with E-state index in [0.29, 0.717) is 36.4 Å². The number of H-pyrrole nitrogens is 1. The average molecular weight is 474 g/mol. The van der Waals surface area contributed by atoms with Crippen molar-refractivity contribution < 1.29 is 27.4 Å². The van der Waals surface area contributed by atoms with E-state index in [1.54, 1.807) is 25.3 Å². The van der Waals surface area contributed by atoms with Gasteiger partial charge in [-0.3, -0.25) is 9.52 Å². The first-order valence-corrected chi connectivity index (χ1v) is 12.5. The Kier molecular flexibility index (Phi) is 6.37. The number of nitrogens with one attached hydrogen (secondary N) is 2. The fraction of sp³-hybridized carbons (Fsp3) is 0.348. The molecule has 4 rings (SSSR count). The molecular weight excluding hydrogens is 446 g/mol. The summed E-state index contributed by atoms with van der Waals surface area (Å²) in [6.07, 6.45) is 4.24. The smallest absolute Gasteiger partial charge is 0.229 e. The van der Waals surface area contributed by atoms with E-state index in [2.05, 4.69) is 9.71 Å². The lowest BCUT2D eigenvalue weighted by molar-refractivity contribution is -0.123. The van der Waals surface area contributed by atoms with Gasteiger partial charge in [0.15, 0.2) is 11.5 Å². The van der Waals surface area contributed by atoms with Crippen LogP contribution in [0, 0.1) is 5.92 Å². The van der Waals surface area contributed by atoms with Crippen molar-refractivity contribution >= 4 is 32.5 Å². The lowest BCUT2D eigenvalue weighted by atomic mass is 9.93. The van der Waals surface area contributed by atoms with Crippen LogP contribution in [-0.4, -0.2) is 45.4 Å². The summed E-state index contributed by atoms with van der Waals surface area (Å²) in [6.45, 7) is 0.278. The predicted octanol–water partition coefficient (Wildman–Crippen LogP) is 2.81. The molecule has 0 fully saturated rings. The second-order valence-electron chi connectivity index (χ2n) is 8.19. The summed E-state index contributed by atoms with van der Waals surface area (Å²) in [4.78, 5) is 15.4. The van der Waals surface area contributed by atoms with Crippen molar-refractivity contribution in [2.75, 3.05) is 24.7 Å². The van der Waals surface area contributed by atoms with Crippen LogP contribution in [0.3, 0.4) is 0 Å². The van der Waals surface area contributed by atoms with Crippen LogP contribution in [0.4, 0.5) is 5.69 Å². The molecule has 0 radical (unpaired) electrons. The van der Waals surface area contributed by atoms with E-state index >= 15 is 0 Å². The summed E-state index contributed by atoms with van der Waals surface area (Å²) in [6, 6.07) is 10.6. The number of amides is 1. The van der Waals surface area contributed by atoms with Gasteiger partial charge < -0.3 is 24.9 Å². The lowest BCUT2D eigenvalue weighted by Gasteiger charge is -2.29. The number of aromatic nitrogens is 1. The molecule has 2 unspecified atom stereocenters. The van der Waals surface area contributed by atoms with Gasteiger partial charge in [-0.25, -0.2) is 8.42 Å². The molecule has 10 heteroatoms. The highest BCUT2D eigenvalue weighted by atomic mass is 32.2. The van der Waals surface area contributed by atoms with Gasteiger partial charge in [-0.05, 0) is 55.2 Å². The summed E-state index contributed by atoms with van der Waals surface area (Å²) in [7, 11) is -1.79. The van der Waals surface area contributed by atoms with Crippen molar-refractivity contribution in [1.29, 1.82) is 0 Å². The maximum absolute atomic E-state index is 12.2. The number of anilines is 1. The van der Waals surface area contributed by atoms with Gasteiger partial charge in [-0.1, -0.05) is 0 Å². The molecule has 4 N–H and O–H groups in total. The number of hydrogen-bond donors (Lipinski definition) is 3. The summed E-state index contributed by atoms with van der Waals surface area (Å²) in [5, 5.41) is 1.05. The maximum Gasteiger partial charge on any atom is 0.229 e. The molecule has 3 aromatic rings. The first-order valence-electron chi connectivity index (χ1n) is 10.6. The Labute approximate surface area is 192 Å². The van der Waals surface area contributed by atoms with Gasteiger partial charge in [0.05, 0.1) is 19.1 Å². The topological polar surface area (TPSA) is 133 Å². The van der Waals surface area contributed by atoms with Crippen molar-refractivity contribution in [1.82, 2.24) is 4.98 Å². The minimum atomic E-state index is -3.41. The van der Waals surface area contributed by atoms with Crippen LogP contribution in [0.5, 0.6) is 17.2 Å². The average Bonchev–Trinajstić information content (AvgIpc) is 3.17. The van der Waals surface area contributed by atoms with E-state index in [9.17, 15) is 13.2 Å². The highest BCUT2D eigenvalue weighted by Crippen LogP contribution is 2.36. The van der Waals surface area contributed by atoms with Crippen LogP contribution in [0.2, 0.25) is 0 Å². The van der Waals surface area contributed by atoms with E-state index in [0.717, 1.165) is 28.5 Å². The van der Waals surface area contributed by atoms with Gasteiger partial charge in [0.1, 0.15) is 18.5 Å². The molecule has 1 aliphatic rings. The summed E-state index contributed by atoms with van der Waals surface area (Å²) in [5.74, 6) is 0.911. The Balaban J connectivity index is 1.43. The van der Waals surface area contributed by atoms with Gasteiger partial charge in [0.2, 0.25) is 15.9 Å². The van der Waals surface area contributed by atoms with Crippen LogP contribution < -0.4 is 24.7 Å². The van der Waals surface area contributed by atoms with E-state index in [1.165, 1.54) is 0 Å². The molecule has 1 aliphatic heterocycles. The zero-order chi connectivity index (χ0) is 23.6. The molecule has 2 atom stereocenters. The summed E-state index contributed by atoms with van der Waals surface area (Å²) < 4.78 is 42.5. The number of carbonyl (C=O) groups excluding carboxylic acids is 1. The van der Waals surface area contributed by atoms with Crippen LogP contribution >= 0.6 is 0 Å². The molecular formula is C23H27N3O6S. The number of hydrogen-bond acceptors (Lipinski definition) is 6. The van der Waals surface area contributed by atoms with Gasteiger partial charge in [-0.15, -0.1) is 0 Å². The number of aryl methyl sites for hydroxylation is 1. The van der Waals surface area contributed by atoms with E-state index in [1.807, 2.05) is 24.4 Å². The van der Waals surface area contributed by atoms with Crippen molar-refractivity contribution in [3.05, 3.63) is 48.2 Å². The molecule has 1 amide bonds. The number of benzene rings is 2. The highest BCUT2D eigenvalue weighted by molar-refractivity contribution is 7.92. The van der Waals surface area contributed by atoms with Crippen LogP contribution in [0.1, 0.15) is 18.4 Å². The van der Waals surface area contributed by atoms with Gasteiger partial charge in [-0.2, -0.15) is 0 Å². The molecule has 1 aromatic heterocycles. The van der Waals surface area contributed by atoms with E-state index < -0.39 is 21.8 Å². The number of aromatic amines is 1. The summed E-state index contributed by atoms with van der Waals surface area (Å²) in [5.41, 5.74) is 8.16. The monoisotopic (exact) mass is 473 g/mol. The number of rotatable bonds is 9. The van der Waals surface area contributed by atoms with Crippen LogP contribution in [-0.2, 0) is 21.2 Å². The molecule has 0 spiro atoms. The van der Waals surface area contributed by atoms with Crippen LogP contribution in [0.25, 0.3) is 10.9 Å². The molecule has 0 saturated carbocycles. The molecule has 0 saturated heterocycles. The number of primary amides is 1. The molecule has 176 valence electrons. The fourth-order valence-corrected chi connectivity index (χ4v) is 4.58. The molecule has 0 bridgehead atoms. The van der Waals surface area contributed by atoms with Crippen molar-refractivity contribution in [3.63, 3.8) is 0 Å². The zero-order valence-electron chi connectivity index (χ0n) is 18.5. The number of fused-ring (bicyclic) bond motifs is 2. The van der Waals surface area contributed by atoms with Gasteiger partial charge in [0, 0.05) is 29.1 Å². The third kappa shape index (κ3) is 5.51. The van der Waals surface area contributed by atoms with Gasteiger partial charge in [0.25, 0.3) is 0 Å². The van der Waals surface area contributed by atoms with Crippen molar-refractivity contribution in [3.8, 4) is 17.2 Å². The minimum Gasteiger partial charge on any atom is -0.497 e. The molecule has 2 heterocycles. The first-order chi connectivity index (χ1) is 15.7. The number of nitrogens with two attached hydrogens (primary N) is 1. The Bertz CT molecular complexity index is 1270. The Morgan fingerprint density at radius 3 is 2.82 bits per heavy atom. The van der Waals surface area contributed by atoms with E-state index in [-0.39, 0.29) is 12.7 Å². The molecule has 9 nitrogen and oxygen atoms in total. The second kappa shape index (κ2) is 9.22. The van der Waals surface area contributed by atoms with E-state index in [4.69, 9.17) is 19.9 Å².